The van der Waals surface area contributed by atoms with Gasteiger partial charge in [-0.15, -0.1) is 0 Å². The molecule has 0 fully saturated rings. The molecule has 2 heterocycles. The van der Waals surface area contributed by atoms with Crippen LogP contribution in [0.3, 0.4) is 0 Å². The summed E-state index contributed by atoms with van der Waals surface area (Å²) >= 11 is 17.7. The number of amides is 2. The van der Waals surface area contributed by atoms with Crippen molar-refractivity contribution in [3.63, 3.8) is 0 Å². The fraction of sp³-hybridized carbons (Fsp3) is 0.0667. The van der Waals surface area contributed by atoms with Crippen LogP contribution < -0.4 is 0 Å². The third kappa shape index (κ3) is 2.61. The maximum absolute atomic E-state index is 12.6. The van der Waals surface area contributed by atoms with Crippen molar-refractivity contribution in [2.75, 3.05) is 0 Å². The number of Topliss-reactive ketones (excluding diaryl/α,β-unsaturated/α-hetero) is 1. The Bertz CT molecular complexity index is 843. The molecule has 2 amide bonds. The quantitative estimate of drug-likeness (QED) is 0.456. The number of benzene rings is 1. The van der Waals surface area contributed by atoms with E-state index in [2.05, 4.69) is 4.99 Å². The molecule has 8 heteroatoms. The number of allylic oxidation sites excluding steroid dienone is 2. The average molecular weight is 370 g/mol. The van der Waals surface area contributed by atoms with Crippen LogP contribution in [0.1, 0.15) is 10.4 Å². The van der Waals surface area contributed by atoms with Crippen molar-refractivity contribution in [1.82, 2.24) is 4.90 Å². The van der Waals surface area contributed by atoms with E-state index >= 15 is 0 Å². The molecular weight excluding hydrogens is 363 g/mol. The first kappa shape index (κ1) is 15.9. The van der Waals surface area contributed by atoms with Crippen LogP contribution in [0.5, 0.6) is 0 Å². The first-order valence-electron chi connectivity index (χ1n) is 6.40. The minimum atomic E-state index is -1.59. The Morgan fingerprint density at radius 2 is 1.83 bits per heavy atom. The summed E-state index contributed by atoms with van der Waals surface area (Å²) in [4.78, 5) is 42.1. The second-order valence-electron chi connectivity index (χ2n) is 4.74. The van der Waals surface area contributed by atoms with Crippen molar-refractivity contribution in [2.45, 2.75) is 0 Å². The van der Waals surface area contributed by atoms with E-state index in [1.54, 1.807) is 12.2 Å². The second kappa shape index (κ2) is 5.92. The highest BCUT2D eigenvalue weighted by Gasteiger charge is 2.42. The molecule has 0 saturated carbocycles. The Labute approximate surface area is 145 Å². The number of carbonyl (C=O) groups is 3. The van der Waals surface area contributed by atoms with Gasteiger partial charge in [0.05, 0.1) is 15.1 Å². The lowest BCUT2D eigenvalue weighted by Gasteiger charge is -2.27. The second-order valence-corrected chi connectivity index (χ2v) is 5.90. The number of fused-ring (bicyclic) bond motifs is 1. The molecule has 23 heavy (non-hydrogen) atoms. The Morgan fingerprint density at radius 1 is 1.09 bits per heavy atom. The summed E-state index contributed by atoms with van der Waals surface area (Å²) in [6, 6.07) is 2.70. The summed E-state index contributed by atoms with van der Waals surface area (Å²) in [7, 11) is 0. The van der Waals surface area contributed by atoms with Gasteiger partial charge in [0.1, 0.15) is 5.84 Å². The Kier molecular flexibility index (Phi) is 4.10. The van der Waals surface area contributed by atoms with Crippen molar-refractivity contribution in [1.29, 1.82) is 0 Å². The highest BCUT2D eigenvalue weighted by atomic mass is 35.5. The van der Waals surface area contributed by atoms with Crippen LogP contribution in [0.15, 0.2) is 41.6 Å². The molecule has 1 aromatic rings. The fourth-order valence-corrected chi connectivity index (χ4v) is 2.86. The maximum Gasteiger partial charge on any atom is 0.268 e. The molecule has 3 rings (SSSR count). The maximum atomic E-state index is 12.6. The molecule has 1 atom stereocenters. The number of carbonyl (C=O) groups excluding carboxylic acids is 3. The molecule has 0 saturated heterocycles. The minimum absolute atomic E-state index is 0.0140. The number of aliphatic imine (C=N–C) groups is 1. The minimum Gasteiger partial charge on any atom is -0.293 e. The molecule has 0 radical (unpaired) electrons. The van der Waals surface area contributed by atoms with Crippen LogP contribution >= 0.6 is 34.8 Å². The highest BCUT2D eigenvalue weighted by Crippen LogP contribution is 2.34. The smallest absolute Gasteiger partial charge is 0.268 e. The van der Waals surface area contributed by atoms with Gasteiger partial charge in [-0.1, -0.05) is 40.9 Å². The zero-order valence-electron chi connectivity index (χ0n) is 11.3. The van der Waals surface area contributed by atoms with Gasteiger partial charge >= 0.3 is 0 Å². The van der Waals surface area contributed by atoms with Crippen LogP contribution in [0.2, 0.25) is 15.1 Å². The molecule has 1 unspecified atom stereocenters. The van der Waals surface area contributed by atoms with Crippen molar-refractivity contribution in [3.05, 3.63) is 57.2 Å². The van der Waals surface area contributed by atoms with E-state index in [0.29, 0.717) is 0 Å². The van der Waals surface area contributed by atoms with E-state index in [1.807, 2.05) is 0 Å². The van der Waals surface area contributed by atoms with Gasteiger partial charge < -0.3 is 0 Å². The van der Waals surface area contributed by atoms with Gasteiger partial charge in [0.25, 0.3) is 11.8 Å². The number of hydrogen-bond donors (Lipinski definition) is 0. The van der Waals surface area contributed by atoms with Crippen molar-refractivity contribution < 1.29 is 14.4 Å². The summed E-state index contributed by atoms with van der Waals surface area (Å²) in [6.07, 6.45) is 6.17. The lowest BCUT2D eigenvalue weighted by molar-refractivity contribution is -0.135. The van der Waals surface area contributed by atoms with E-state index < -0.39 is 23.5 Å². The van der Waals surface area contributed by atoms with Gasteiger partial charge in [-0.2, -0.15) is 4.99 Å². The fourth-order valence-electron chi connectivity index (χ4n) is 2.23. The van der Waals surface area contributed by atoms with Gasteiger partial charge in [-0.25, -0.2) is 0 Å². The largest absolute Gasteiger partial charge is 0.293 e. The standard InChI is InChI=1S/C15H7Cl3N2O3/c16-8-5-4-7(11(17)12(8)18)13(21)10-14(22)19-9-3-1-2-6-20(9)15(10)23/h1-6,10H. The molecule has 116 valence electrons. The lowest BCUT2D eigenvalue weighted by Crippen LogP contribution is -2.47. The van der Waals surface area contributed by atoms with Crippen LogP contribution in [0.4, 0.5) is 0 Å². The number of hydrogen-bond acceptors (Lipinski definition) is 3. The van der Waals surface area contributed by atoms with Gasteiger partial charge in [0, 0.05) is 11.8 Å². The first-order valence-corrected chi connectivity index (χ1v) is 7.53. The van der Waals surface area contributed by atoms with Gasteiger partial charge in [0.2, 0.25) is 0 Å². The zero-order chi connectivity index (χ0) is 16.7. The van der Waals surface area contributed by atoms with E-state index in [4.69, 9.17) is 34.8 Å². The van der Waals surface area contributed by atoms with Gasteiger partial charge in [-0.3, -0.25) is 19.3 Å². The summed E-state index contributed by atoms with van der Waals surface area (Å²) in [5.41, 5.74) is -0.0528. The molecule has 0 aromatic heterocycles. The number of nitrogens with zero attached hydrogens (tertiary/aromatic N) is 2. The summed E-state index contributed by atoms with van der Waals surface area (Å²) in [6.45, 7) is 0. The summed E-state index contributed by atoms with van der Waals surface area (Å²) in [5, 5.41) is 0.0485. The van der Waals surface area contributed by atoms with Crippen LogP contribution in [-0.2, 0) is 9.59 Å². The molecule has 5 nitrogen and oxygen atoms in total. The number of halogens is 3. The predicted octanol–water partition coefficient (Wildman–Crippen LogP) is 3.30. The Balaban J connectivity index is 2.03. The topological polar surface area (TPSA) is 66.8 Å². The van der Waals surface area contributed by atoms with E-state index in [1.165, 1.54) is 24.4 Å². The average Bonchev–Trinajstić information content (AvgIpc) is 2.52. The molecular formula is C15H7Cl3N2O3. The third-order valence-corrected chi connectivity index (χ3v) is 4.65. The summed E-state index contributed by atoms with van der Waals surface area (Å²) < 4.78 is 0. The van der Waals surface area contributed by atoms with Crippen molar-refractivity contribution >= 4 is 58.2 Å². The normalized spacial score (nSPS) is 19.7. The number of amidine groups is 1. The SMILES string of the molecule is O=C1N=C2C=CC=CN2C(=O)C1C(=O)c1ccc(Cl)c(Cl)c1Cl. The van der Waals surface area contributed by atoms with Crippen LogP contribution in [-0.4, -0.2) is 28.3 Å². The van der Waals surface area contributed by atoms with Crippen LogP contribution in [0.25, 0.3) is 0 Å². The molecule has 0 bridgehead atoms. The Morgan fingerprint density at radius 3 is 2.57 bits per heavy atom. The number of rotatable bonds is 2. The molecule has 2 aliphatic rings. The monoisotopic (exact) mass is 368 g/mol. The summed E-state index contributed by atoms with van der Waals surface area (Å²) in [5.74, 6) is -3.72. The van der Waals surface area contributed by atoms with Gasteiger partial charge in [-0.05, 0) is 24.3 Å². The lowest BCUT2D eigenvalue weighted by atomic mass is 9.94. The molecule has 0 N–H and O–H groups in total. The molecule has 1 aromatic carbocycles. The molecule has 0 spiro atoms. The first-order chi connectivity index (χ1) is 10.9. The highest BCUT2D eigenvalue weighted by molar-refractivity contribution is 6.49. The van der Waals surface area contributed by atoms with Crippen LogP contribution in [0, 0.1) is 5.92 Å². The van der Waals surface area contributed by atoms with Crippen molar-refractivity contribution in [3.8, 4) is 0 Å². The molecule has 2 aliphatic heterocycles. The van der Waals surface area contributed by atoms with E-state index in [9.17, 15) is 14.4 Å². The molecule has 0 aliphatic carbocycles. The number of ketones is 1. The predicted molar refractivity (Wildman–Crippen MR) is 86.9 cm³/mol. The Hall–Kier alpha value is -1.95. The third-order valence-electron chi connectivity index (χ3n) is 3.36. The van der Waals surface area contributed by atoms with E-state index in [-0.39, 0.29) is 26.5 Å². The van der Waals surface area contributed by atoms with E-state index in [0.717, 1.165) is 4.90 Å². The van der Waals surface area contributed by atoms with Crippen molar-refractivity contribution in [2.24, 2.45) is 10.9 Å². The zero-order valence-corrected chi connectivity index (χ0v) is 13.6. The van der Waals surface area contributed by atoms with Gasteiger partial charge in [0.15, 0.2) is 11.7 Å².